The number of para-hydroxylation sites is 1. The molecule has 0 fully saturated rings. The summed E-state index contributed by atoms with van der Waals surface area (Å²) in [5.74, 6) is -0.898. The highest BCUT2D eigenvalue weighted by atomic mass is 35.5. The van der Waals surface area contributed by atoms with E-state index in [1.807, 2.05) is 31.2 Å². The van der Waals surface area contributed by atoms with Crippen molar-refractivity contribution in [1.82, 2.24) is 0 Å². The minimum Gasteiger partial charge on any atom is -0.488 e. The number of carboxylic acids is 1. The van der Waals surface area contributed by atoms with Crippen molar-refractivity contribution in [1.29, 1.82) is 0 Å². The van der Waals surface area contributed by atoms with Gasteiger partial charge in [-0.1, -0.05) is 77.8 Å². The minimum absolute atomic E-state index is 0.181. The molecule has 180 valence electrons. The van der Waals surface area contributed by atoms with Gasteiger partial charge in [-0.2, -0.15) is 0 Å². The van der Waals surface area contributed by atoms with Gasteiger partial charge in [-0.05, 0) is 42.3 Å². The fourth-order valence-electron chi connectivity index (χ4n) is 3.48. The quantitative estimate of drug-likeness (QED) is 0.241. The molecular weight excluding hydrogens is 487 g/mol. The first-order valence-corrected chi connectivity index (χ1v) is 11.5. The number of aliphatic carboxylic acids is 1. The number of aryl methyl sites for hydroxylation is 1. The Balaban J connectivity index is 1.94. The van der Waals surface area contributed by atoms with E-state index in [1.54, 1.807) is 48.5 Å². The molecule has 1 atom stereocenters. The highest BCUT2D eigenvalue weighted by Gasteiger charge is 2.16. The van der Waals surface area contributed by atoms with Crippen molar-refractivity contribution >= 4 is 47.3 Å². The lowest BCUT2D eigenvalue weighted by atomic mass is 10.00. The fourth-order valence-corrected chi connectivity index (χ4v) is 3.98. The molecule has 0 radical (unpaired) electrons. The van der Waals surface area contributed by atoms with E-state index in [1.165, 1.54) is 13.0 Å². The van der Waals surface area contributed by atoms with Crippen molar-refractivity contribution in [3.63, 3.8) is 0 Å². The lowest BCUT2D eigenvalue weighted by Gasteiger charge is -2.17. The normalized spacial score (nSPS) is 12.1. The SMILES string of the molecule is CC(=O)OC(/C=C/c1cccc(C)c1OCc1c(Cl)cccc1Cl)c1ccccc1/C=C/C(=O)O. The summed E-state index contributed by atoms with van der Waals surface area (Å²) in [5.41, 5.74) is 3.63. The molecular formula is C28H24Cl2O5. The predicted octanol–water partition coefficient (Wildman–Crippen LogP) is 7.30. The number of hydrogen-bond donors (Lipinski definition) is 1. The molecule has 35 heavy (non-hydrogen) atoms. The third-order valence-corrected chi connectivity index (χ3v) is 5.82. The number of ether oxygens (including phenoxy) is 2. The average Bonchev–Trinajstić information content (AvgIpc) is 2.81. The van der Waals surface area contributed by atoms with Gasteiger partial charge in [0.05, 0.1) is 0 Å². The van der Waals surface area contributed by atoms with Crippen LogP contribution in [0, 0.1) is 6.92 Å². The van der Waals surface area contributed by atoms with E-state index in [-0.39, 0.29) is 6.61 Å². The molecule has 7 heteroatoms. The van der Waals surface area contributed by atoms with Gasteiger partial charge in [0, 0.05) is 39.7 Å². The summed E-state index contributed by atoms with van der Waals surface area (Å²) in [6.45, 7) is 3.43. The summed E-state index contributed by atoms with van der Waals surface area (Å²) < 4.78 is 11.7. The van der Waals surface area contributed by atoms with E-state index in [0.717, 1.165) is 17.2 Å². The van der Waals surface area contributed by atoms with Gasteiger partial charge < -0.3 is 14.6 Å². The van der Waals surface area contributed by atoms with E-state index in [9.17, 15) is 9.59 Å². The zero-order chi connectivity index (χ0) is 25.4. The Morgan fingerprint density at radius 3 is 2.29 bits per heavy atom. The molecule has 5 nitrogen and oxygen atoms in total. The van der Waals surface area contributed by atoms with Crippen LogP contribution < -0.4 is 4.74 Å². The number of carbonyl (C=O) groups is 2. The second-order valence-electron chi connectivity index (χ2n) is 7.67. The monoisotopic (exact) mass is 510 g/mol. The molecule has 0 bridgehead atoms. The fraction of sp³-hybridized carbons (Fsp3) is 0.143. The number of halogens is 2. The van der Waals surface area contributed by atoms with Crippen molar-refractivity contribution in [3.8, 4) is 5.75 Å². The van der Waals surface area contributed by atoms with Crippen LogP contribution in [-0.2, 0) is 20.9 Å². The summed E-state index contributed by atoms with van der Waals surface area (Å²) in [6.07, 6.45) is 5.31. The summed E-state index contributed by atoms with van der Waals surface area (Å²) in [5, 5.41) is 10.0. The van der Waals surface area contributed by atoms with Gasteiger partial charge in [0.2, 0.25) is 0 Å². The van der Waals surface area contributed by atoms with E-state index in [4.69, 9.17) is 37.8 Å². The second-order valence-corrected chi connectivity index (χ2v) is 8.49. The van der Waals surface area contributed by atoms with E-state index >= 15 is 0 Å². The van der Waals surface area contributed by atoms with Gasteiger partial charge in [-0.25, -0.2) is 4.79 Å². The van der Waals surface area contributed by atoms with Gasteiger partial charge >= 0.3 is 11.9 Å². The van der Waals surface area contributed by atoms with Crippen LogP contribution in [0.4, 0.5) is 0 Å². The molecule has 3 aromatic rings. The Hall–Kier alpha value is -3.54. The Morgan fingerprint density at radius 1 is 0.943 bits per heavy atom. The predicted molar refractivity (Wildman–Crippen MR) is 139 cm³/mol. The summed E-state index contributed by atoms with van der Waals surface area (Å²) in [4.78, 5) is 22.8. The van der Waals surface area contributed by atoms with E-state index in [2.05, 4.69) is 0 Å². The molecule has 0 saturated heterocycles. The minimum atomic E-state index is -1.07. The largest absolute Gasteiger partial charge is 0.488 e. The number of benzene rings is 3. The zero-order valence-corrected chi connectivity index (χ0v) is 20.7. The molecule has 0 spiro atoms. The van der Waals surface area contributed by atoms with Gasteiger partial charge in [-0.3, -0.25) is 4.79 Å². The van der Waals surface area contributed by atoms with Crippen LogP contribution in [0.15, 0.2) is 72.8 Å². The highest BCUT2D eigenvalue weighted by Crippen LogP contribution is 2.31. The number of esters is 1. The molecule has 1 N–H and O–H groups in total. The number of carbonyl (C=O) groups excluding carboxylic acids is 1. The summed E-state index contributed by atoms with van der Waals surface area (Å²) >= 11 is 12.6. The van der Waals surface area contributed by atoms with Crippen molar-refractivity contribution in [2.24, 2.45) is 0 Å². The maximum absolute atomic E-state index is 11.8. The zero-order valence-electron chi connectivity index (χ0n) is 19.2. The van der Waals surface area contributed by atoms with Gasteiger partial charge in [0.15, 0.2) is 0 Å². The smallest absolute Gasteiger partial charge is 0.328 e. The molecule has 0 amide bonds. The highest BCUT2D eigenvalue weighted by molar-refractivity contribution is 6.35. The van der Waals surface area contributed by atoms with Gasteiger partial charge in [0.25, 0.3) is 0 Å². The molecule has 1 unspecified atom stereocenters. The topological polar surface area (TPSA) is 72.8 Å². The van der Waals surface area contributed by atoms with E-state index in [0.29, 0.717) is 32.5 Å². The number of carboxylic acid groups (broad SMARTS) is 1. The van der Waals surface area contributed by atoms with Crippen molar-refractivity contribution in [3.05, 3.63) is 111 Å². The lowest BCUT2D eigenvalue weighted by molar-refractivity contribution is -0.144. The van der Waals surface area contributed by atoms with Crippen LogP contribution in [0.5, 0.6) is 5.75 Å². The number of rotatable bonds is 9. The summed E-state index contributed by atoms with van der Waals surface area (Å²) in [7, 11) is 0. The second kappa shape index (κ2) is 12.2. The third kappa shape index (κ3) is 7.22. The first-order chi connectivity index (χ1) is 16.8. The molecule has 0 aliphatic heterocycles. The molecule has 0 heterocycles. The third-order valence-electron chi connectivity index (χ3n) is 5.12. The van der Waals surface area contributed by atoms with Crippen molar-refractivity contribution < 1.29 is 24.2 Å². The average molecular weight is 511 g/mol. The molecule has 0 aliphatic carbocycles. The molecule has 0 aromatic heterocycles. The van der Waals surface area contributed by atoms with Crippen LogP contribution in [0.25, 0.3) is 12.2 Å². The summed E-state index contributed by atoms with van der Waals surface area (Å²) in [6, 6.07) is 18.1. The molecule has 3 aromatic carbocycles. The maximum atomic E-state index is 11.8. The Kier molecular flexibility index (Phi) is 9.12. The first kappa shape index (κ1) is 26.1. The molecule has 0 saturated carbocycles. The van der Waals surface area contributed by atoms with Crippen molar-refractivity contribution in [2.75, 3.05) is 0 Å². The Labute approximate surface area is 214 Å². The molecule has 3 rings (SSSR count). The first-order valence-electron chi connectivity index (χ1n) is 10.8. The maximum Gasteiger partial charge on any atom is 0.328 e. The van der Waals surface area contributed by atoms with Crippen LogP contribution >= 0.6 is 23.2 Å². The Morgan fingerprint density at radius 2 is 1.60 bits per heavy atom. The van der Waals surface area contributed by atoms with Crippen LogP contribution in [0.2, 0.25) is 10.0 Å². The van der Waals surface area contributed by atoms with Gasteiger partial charge in [-0.15, -0.1) is 0 Å². The van der Waals surface area contributed by atoms with Crippen LogP contribution in [0.3, 0.4) is 0 Å². The standard InChI is InChI=1S/C28H24Cl2O5/c1-18-7-5-9-21(28(18)34-17-23-24(29)11-6-12-25(23)30)13-15-26(35-19(2)31)22-10-4-3-8-20(22)14-16-27(32)33/h3-16,26H,17H2,1-2H3,(H,32,33)/b15-13+,16-14+. The molecule has 0 aliphatic rings. The Bertz CT molecular complexity index is 1260. The van der Waals surface area contributed by atoms with Crippen LogP contribution in [-0.4, -0.2) is 17.0 Å². The lowest BCUT2D eigenvalue weighted by Crippen LogP contribution is -2.08. The number of hydrogen-bond acceptors (Lipinski definition) is 4. The van der Waals surface area contributed by atoms with E-state index < -0.39 is 18.0 Å². The van der Waals surface area contributed by atoms with Gasteiger partial charge in [0.1, 0.15) is 18.5 Å². The van der Waals surface area contributed by atoms with Crippen molar-refractivity contribution in [2.45, 2.75) is 26.6 Å². The van der Waals surface area contributed by atoms with Crippen LogP contribution in [0.1, 0.15) is 40.8 Å².